The minimum absolute atomic E-state index is 0.0569. The van der Waals surface area contributed by atoms with Gasteiger partial charge in [-0.2, -0.15) is 0 Å². The first-order valence-electron chi connectivity index (χ1n) is 7.36. The van der Waals surface area contributed by atoms with Crippen molar-refractivity contribution in [3.63, 3.8) is 0 Å². The minimum atomic E-state index is -3.05. The van der Waals surface area contributed by atoms with Gasteiger partial charge in [-0.3, -0.25) is 4.79 Å². The van der Waals surface area contributed by atoms with Gasteiger partial charge in [-0.05, 0) is 36.4 Å². The van der Waals surface area contributed by atoms with E-state index in [-0.39, 0.29) is 11.5 Å². The third kappa shape index (κ3) is 6.01. The Bertz CT molecular complexity index is 725. The number of sulfone groups is 1. The van der Waals surface area contributed by atoms with E-state index in [1.54, 1.807) is 17.8 Å². The summed E-state index contributed by atoms with van der Waals surface area (Å²) in [4.78, 5) is 24.4. The number of carbonyl (C=O) groups is 2. The van der Waals surface area contributed by atoms with Crippen LogP contribution in [0.2, 0.25) is 0 Å². The Balaban J connectivity index is 1.74. The Morgan fingerprint density at radius 1 is 1.33 bits per heavy atom. The number of benzene rings is 1. The van der Waals surface area contributed by atoms with Crippen molar-refractivity contribution in [3.05, 3.63) is 35.9 Å². The van der Waals surface area contributed by atoms with Gasteiger partial charge in [0.1, 0.15) is 0 Å². The molecule has 1 heterocycles. The fraction of sp³-hybridized carbons (Fsp3) is 0.375. The number of carbonyl (C=O) groups excluding carboxylic acids is 2. The molecule has 1 N–H and O–H groups in total. The standard InChI is InChI=1S/C16H19NO5S2/c1-23-14-5-2-12(3-6-14)4-7-16(19)22-10-15(18)17-13-8-9-24(20,21)11-13/h2-7,13H,8-11H2,1H3,(H,17,18)/b7-4+/t13-/m1/s1. The molecule has 0 aromatic heterocycles. The van der Waals surface area contributed by atoms with Crippen LogP contribution in [0.5, 0.6) is 0 Å². The number of hydrogen-bond acceptors (Lipinski definition) is 6. The van der Waals surface area contributed by atoms with Crippen LogP contribution in [0.25, 0.3) is 6.08 Å². The lowest BCUT2D eigenvalue weighted by molar-refractivity contribution is -0.143. The summed E-state index contributed by atoms with van der Waals surface area (Å²) in [7, 11) is -3.05. The molecular weight excluding hydrogens is 350 g/mol. The molecule has 1 aliphatic heterocycles. The van der Waals surface area contributed by atoms with Crippen LogP contribution >= 0.6 is 11.8 Å². The van der Waals surface area contributed by atoms with Gasteiger partial charge in [0.15, 0.2) is 16.4 Å². The highest BCUT2D eigenvalue weighted by atomic mass is 32.2. The van der Waals surface area contributed by atoms with Crippen LogP contribution in [0, 0.1) is 0 Å². The molecule has 0 saturated carbocycles. The molecule has 0 radical (unpaired) electrons. The molecule has 1 fully saturated rings. The SMILES string of the molecule is CSc1ccc(/C=C/C(=O)OCC(=O)N[C@@H]2CCS(=O)(=O)C2)cc1. The molecule has 8 heteroatoms. The minimum Gasteiger partial charge on any atom is -0.452 e. The summed E-state index contributed by atoms with van der Waals surface area (Å²) < 4.78 is 27.4. The summed E-state index contributed by atoms with van der Waals surface area (Å²) in [6.07, 6.45) is 5.23. The number of thioether (sulfide) groups is 1. The third-order valence-corrected chi connectivity index (χ3v) is 5.98. The van der Waals surface area contributed by atoms with Gasteiger partial charge in [0.05, 0.1) is 11.5 Å². The van der Waals surface area contributed by atoms with Crippen molar-refractivity contribution in [2.45, 2.75) is 17.4 Å². The Hall–Kier alpha value is -1.80. The normalized spacial score (nSPS) is 19.3. The van der Waals surface area contributed by atoms with Crippen LogP contribution in [-0.4, -0.2) is 50.7 Å². The van der Waals surface area contributed by atoms with E-state index in [0.717, 1.165) is 10.5 Å². The maximum atomic E-state index is 11.6. The molecule has 1 aliphatic rings. The van der Waals surface area contributed by atoms with Gasteiger partial charge in [0.2, 0.25) is 0 Å². The second-order valence-electron chi connectivity index (χ2n) is 5.38. The average molecular weight is 369 g/mol. The van der Waals surface area contributed by atoms with E-state index < -0.39 is 34.4 Å². The molecule has 0 bridgehead atoms. The molecule has 1 atom stereocenters. The Labute approximate surface area is 145 Å². The summed E-state index contributed by atoms with van der Waals surface area (Å²) in [6.45, 7) is -0.425. The van der Waals surface area contributed by atoms with E-state index in [1.165, 1.54) is 6.08 Å². The van der Waals surface area contributed by atoms with Gasteiger partial charge in [-0.25, -0.2) is 13.2 Å². The molecule has 1 saturated heterocycles. The van der Waals surface area contributed by atoms with Gasteiger partial charge in [-0.15, -0.1) is 11.8 Å². The zero-order valence-electron chi connectivity index (χ0n) is 13.2. The molecule has 130 valence electrons. The highest BCUT2D eigenvalue weighted by Crippen LogP contribution is 2.15. The Morgan fingerprint density at radius 2 is 2.04 bits per heavy atom. The van der Waals surface area contributed by atoms with Crippen LogP contribution < -0.4 is 5.32 Å². The zero-order chi connectivity index (χ0) is 17.6. The molecule has 6 nitrogen and oxygen atoms in total. The first kappa shape index (κ1) is 18.5. The maximum Gasteiger partial charge on any atom is 0.331 e. The van der Waals surface area contributed by atoms with Gasteiger partial charge >= 0.3 is 5.97 Å². The van der Waals surface area contributed by atoms with Crippen molar-refractivity contribution >= 4 is 39.6 Å². The van der Waals surface area contributed by atoms with Gasteiger partial charge in [-0.1, -0.05) is 12.1 Å². The summed E-state index contributed by atoms with van der Waals surface area (Å²) >= 11 is 1.63. The highest BCUT2D eigenvalue weighted by molar-refractivity contribution is 7.98. The summed E-state index contributed by atoms with van der Waals surface area (Å²) in [6, 6.07) is 7.25. The topological polar surface area (TPSA) is 89.5 Å². The first-order chi connectivity index (χ1) is 11.4. The number of ether oxygens (including phenoxy) is 1. The molecule has 1 aromatic carbocycles. The van der Waals surface area contributed by atoms with Crippen LogP contribution in [0.3, 0.4) is 0 Å². The van der Waals surface area contributed by atoms with Crippen LogP contribution in [-0.2, 0) is 24.2 Å². The summed E-state index contributed by atoms with van der Waals surface area (Å²) in [5.74, 6) is -1.10. The van der Waals surface area contributed by atoms with E-state index in [9.17, 15) is 18.0 Å². The molecular formula is C16H19NO5S2. The average Bonchev–Trinajstić information content (AvgIpc) is 2.90. The van der Waals surface area contributed by atoms with Gasteiger partial charge in [0, 0.05) is 17.0 Å². The lowest BCUT2D eigenvalue weighted by Crippen LogP contribution is -2.38. The van der Waals surface area contributed by atoms with Gasteiger partial charge < -0.3 is 10.1 Å². The highest BCUT2D eigenvalue weighted by Gasteiger charge is 2.28. The lowest BCUT2D eigenvalue weighted by Gasteiger charge is -2.10. The molecule has 1 aromatic rings. The van der Waals surface area contributed by atoms with E-state index in [4.69, 9.17) is 4.74 Å². The second kappa shape index (κ2) is 8.34. The molecule has 0 aliphatic carbocycles. The van der Waals surface area contributed by atoms with Crippen molar-refractivity contribution in [1.82, 2.24) is 5.32 Å². The van der Waals surface area contributed by atoms with E-state index in [2.05, 4.69) is 5.32 Å². The van der Waals surface area contributed by atoms with Crippen molar-refractivity contribution in [3.8, 4) is 0 Å². The molecule has 2 rings (SSSR count). The lowest BCUT2D eigenvalue weighted by atomic mass is 10.2. The van der Waals surface area contributed by atoms with Crippen molar-refractivity contribution in [2.24, 2.45) is 0 Å². The van der Waals surface area contributed by atoms with Crippen LogP contribution in [0.1, 0.15) is 12.0 Å². The molecule has 0 unspecified atom stereocenters. The number of hydrogen-bond donors (Lipinski definition) is 1. The predicted molar refractivity (Wildman–Crippen MR) is 93.4 cm³/mol. The largest absolute Gasteiger partial charge is 0.452 e. The zero-order valence-corrected chi connectivity index (χ0v) is 14.9. The molecule has 0 spiro atoms. The number of amides is 1. The first-order valence-corrected chi connectivity index (χ1v) is 10.4. The Kier molecular flexibility index (Phi) is 6.44. The summed E-state index contributed by atoms with van der Waals surface area (Å²) in [5.41, 5.74) is 0.852. The van der Waals surface area contributed by atoms with Crippen LogP contribution in [0.15, 0.2) is 35.2 Å². The van der Waals surface area contributed by atoms with E-state index >= 15 is 0 Å². The summed E-state index contributed by atoms with van der Waals surface area (Å²) in [5, 5.41) is 2.55. The Morgan fingerprint density at radius 3 is 2.62 bits per heavy atom. The number of rotatable bonds is 6. The number of esters is 1. The van der Waals surface area contributed by atoms with Crippen molar-refractivity contribution in [1.29, 1.82) is 0 Å². The van der Waals surface area contributed by atoms with E-state index in [0.29, 0.717) is 6.42 Å². The van der Waals surface area contributed by atoms with E-state index in [1.807, 2.05) is 30.5 Å². The quantitative estimate of drug-likeness (QED) is 0.461. The smallest absolute Gasteiger partial charge is 0.331 e. The fourth-order valence-electron chi connectivity index (χ4n) is 2.24. The van der Waals surface area contributed by atoms with Crippen LogP contribution in [0.4, 0.5) is 0 Å². The van der Waals surface area contributed by atoms with Gasteiger partial charge in [0.25, 0.3) is 5.91 Å². The van der Waals surface area contributed by atoms with Crippen molar-refractivity contribution in [2.75, 3.05) is 24.4 Å². The monoisotopic (exact) mass is 369 g/mol. The third-order valence-electron chi connectivity index (χ3n) is 3.47. The number of nitrogens with one attached hydrogen (secondary N) is 1. The maximum absolute atomic E-state index is 11.6. The fourth-order valence-corrected chi connectivity index (χ4v) is 4.32. The molecule has 1 amide bonds. The molecule has 24 heavy (non-hydrogen) atoms. The second-order valence-corrected chi connectivity index (χ2v) is 8.49. The predicted octanol–water partition coefficient (Wildman–Crippen LogP) is 1.27. The van der Waals surface area contributed by atoms with Crippen molar-refractivity contribution < 1.29 is 22.7 Å².